The summed E-state index contributed by atoms with van der Waals surface area (Å²) in [4.78, 5) is 0. The number of hydrogen-bond acceptors (Lipinski definition) is 0. The molecule has 2 aromatic rings. The smallest absolute Gasteiger partial charge is 0.0679 e. The first kappa shape index (κ1) is 18.5. The molecule has 2 unspecified atom stereocenters. The van der Waals surface area contributed by atoms with Gasteiger partial charge in [-0.05, 0) is 74.9 Å². The van der Waals surface area contributed by atoms with E-state index in [-0.39, 0.29) is 0 Å². The quantitative estimate of drug-likeness (QED) is 0.481. The molecule has 4 rings (SSSR count). The number of aryl methyl sites for hydroxylation is 4. The zero-order valence-electron chi connectivity index (χ0n) is 18.1. The molecule has 2 aliphatic carbocycles. The summed E-state index contributed by atoms with van der Waals surface area (Å²) in [7, 11) is -1.70. The van der Waals surface area contributed by atoms with Crippen LogP contribution in [0.2, 0.25) is 13.1 Å². The SMILES string of the molecule is CC1=Cc2cc(C)cc(C)c2C1[Si](C)(C)C1C(C)=Cc2cc(C)cc(C)c21. The molecule has 140 valence electrons. The third-order valence-corrected chi connectivity index (χ3v) is 11.3. The van der Waals surface area contributed by atoms with Gasteiger partial charge in [0, 0.05) is 11.1 Å². The van der Waals surface area contributed by atoms with Crippen molar-refractivity contribution in [2.45, 2.75) is 65.7 Å². The van der Waals surface area contributed by atoms with Gasteiger partial charge < -0.3 is 0 Å². The third kappa shape index (κ3) is 2.70. The minimum absolute atomic E-state index is 0.605. The highest BCUT2D eigenvalue weighted by Gasteiger charge is 2.47. The monoisotopic (exact) mass is 372 g/mol. The van der Waals surface area contributed by atoms with Crippen LogP contribution >= 0.6 is 0 Å². The lowest BCUT2D eigenvalue weighted by molar-refractivity contribution is 0.952. The maximum atomic E-state index is 2.62. The molecule has 0 heterocycles. The third-order valence-electron chi connectivity index (χ3n) is 6.87. The Balaban J connectivity index is 1.88. The molecular formula is C26H32Si. The predicted octanol–water partition coefficient (Wildman–Crippen LogP) is 7.41. The fourth-order valence-electron chi connectivity index (χ4n) is 6.25. The van der Waals surface area contributed by atoms with Gasteiger partial charge in [-0.3, -0.25) is 0 Å². The van der Waals surface area contributed by atoms with Gasteiger partial charge in [-0.2, -0.15) is 0 Å². The van der Waals surface area contributed by atoms with Crippen LogP contribution < -0.4 is 0 Å². The Labute approximate surface area is 166 Å². The van der Waals surface area contributed by atoms with Crippen molar-refractivity contribution in [1.29, 1.82) is 0 Å². The summed E-state index contributed by atoms with van der Waals surface area (Å²) in [6.45, 7) is 19.1. The lowest BCUT2D eigenvalue weighted by Gasteiger charge is -2.40. The molecule has 2 aromatic carbocycles. The van der Waals surface area contributed by atoms with E-state index in [9.17, 15) is 0 Å². The van der Waals surface area contributed by atoms with Crippen LogP contribution in [0.1, 0.15) is 69.4 Å². The molecule has 0 aromatic heterocycles. The van der Waals surface area contributed by atoms with Gasteiger partial charge in [0.15, 0.2) is 0 Å². The summed E-state index contributed by atoms with van der Waals surface area (Å²) in [5.41, 5.74) is 16.2. The van der Waals surface area contributed by atoms with Crippen molar-refractivity contribution < 1.29 is 0 Å². The van der Waals surface area contributed by atoms with Gasteiger partial charge in [-0.15, -0.1) is 0 Å². The lowest BCUT2D eigenvalue weighted by Crippen LogP contribution is -2.42. The molecule has 1 heteroatoms. The van der Waals surface area contributed by atoms with Crippen molar-refractivity contribution in [2.75, 3.05) is 0 Å². The highest BCUT2D eigenvalue weighted by atomic mass is 28.3. The maximum absolute atomic E-state index is 2.62. The summed E-state index contributed by atoms with van der Waals surface area (Å²) in [6, 6.07) is 9.53. The second-order valence-electron chi connectivity index (χ2n) is 9.63. The number of hydrogen-bond donors (Lipinski definition) is 0. The van der Waals surface area contributed by atoms with Gasteiger partial charge in [-0.1, -0.05) is 71.8 Å². The molecule has 0 bridgehead atoms. The first-order valence-electron chi connectivity index (χ1n) is 10.2. The van der Waals surface area contributed by atoms with E-state index in [1.807, 2.05) is 0 Å². The maximum Gasteiger partial charge on any atom is 0.0722 e. The average Bonchev–Trinajstić information content (AvgIpc) is 3.03. The van der Waals surface area contributed by atoms with E-state index < -0.39 is 8.07 Å². The largest absolute Gasteiger partial charge is 0.0722 e. The Morgan fingerprint density at radius 1 is 0.593 bits per heavy atom. The number of allylic oxidation sites excluding steroid dienone is 2. The topological polar surface area (TPSA) is 0 Å². The Kier molecular flexibility index (Phi) is 4.16. The van der Waals surface area contributed by atoms with Crippen LogP contribution in [0, 0.1) is 27.7 Å². The van der Waals surface area contributed by atoms with E-state index in [0.29, 0.717) is 11.1 Å². The Bertz CT molecular complexity index is 935. The van der Waals surface area contributed by atoms with E-state index in [2.05, 4.69) is 91.1 Å². The van der Waals surface area contributed by atoms with Crippen molar-refractivity contribution >= 4 is 20.2 Å². The number of fused-ring (bicyclic) bond motifs is 2. The molecule has 0 N–H and O–H groups in total. The van der Waals surface area contributed by atoms with E-state index in [0.717, 1.165) is 0 Å². The summed E-state index contributed by atoms with van der Waals surface area (Å²) in [5, 5.41) is 0. The van der Waals surface area contributed by atoms with Crippen LogP contribution in [0.3, 0.4) is 0 Å². The second-order valence-corrected chi connectivity index (χ2v) is 14.4. The minimum Gasteiger partial charge on any atom is -0.0679 e. The highest BCUT2D eigenvalue weighted by molar-refractivity contribution is 6.81. The van der Waals surface area contributed by atoms with Gasteiger partial charge in [0.1, 0.15) is 0 Å². The zero-order chi connectivity index (χ0) is 19.7. The van der Waals surface area contributed by atoms with E-state index in [1.54, 1.807) is 22.3 Å². The van der Waals surface area contributed by atoms with Gasteiger partial charge >= 0.3 is 0 Å². The Morgan fingerprint density at radius 2 is 0.963 bits per heavy atom. The molecule has 0 nitrogen and oxygen atoms in total. The van der Waals surface area contributed by atoms with Crippen LogP contribution in [0.15, 0.2) is 35.4 Å². The molecule has 0 saturated heterocycles. The van der Waals surface area contributed by atoms with Gasteiger partial charge in [0.2, 0.25) is 0 Å². The molecule has 2 atom stereocenters. The molecule has 0 fully saturated rings. The highest BCUT2D eigenvalue weighted by Crippen LogP contribution is 2.53. The molecule has 0 spiro atoms. The fourth-order valence-corrected chi connectivity index (χ4v) is 11.4. The van der Waals surface area contributed by atoms with Crippen molar-refractivity contribution in [3.63, 3.8) is 0 Å². The molecule has 2 aliphatic rings. The van der Waals surface area contributed by atoms with Gasteiger partial charge in [-0.25, -0.2) is 0 Å². The molecule has 0 aliphatic heterocycles. The van der Waals surface area contributed by atoms with Crippen LogP contribution in [-0.2, 0) is 0 Å². The van der Waals surface area contributed by atoms with Crippen molar-refractivity contribution in [1.82, 2.24) is 0 Å². The standard InChI is InChI=1S/C26H32Si/c1-15-9-17(3)23-21(11-15)13-19(5)25(23)27(7,8)26-20(6)14-22-12-16(2)10-18(4)24(22)26/h9-14,25-26H,1-8H3. The van der Waals surface area contributed by atoms with Crippen LogP contribution in [0.5, 0.6) is 0 Å². The van der Waals surface area contributed by atoms with Crippen LogP contribution in [0.25, 0.3) is 12.2 Å². The van der Waals surface area contributed by atoms with Crippen LogP contribution in [0.4, 0.5) is 0 Å². The van der Waals surface area contributed by atoms with E-state index in [1.165, 1.54) is 33.4 Å². The molecular weight excluding hydrogens is 340 g/mol. The number of benzene rings is 2. The first-order chi connectivity index (χ1) is 12.6. The molecule has 0 amide bonds. The molecule has 0 radical (unpaired) electrons. The molecule has 27 heavy (non-hydrogen) atoms. The lowest BCUT2D eigenvalue weighted by atomic mass is 9.99. The molecule has 0 saturated carbocycles. The van der Waals surface area contributed by atoms with Gasteiger partial charge in [0.25, 0.3) is 0 Å². The normalized spacial score (nSPS) is 21.0. The van der Waals surface area contributed by atoms with E-state index >= 15 is 0 Å². The van der Waals surface area contributed by atoms with Crippen LogP contribution in [-0.4, -0.2) is 8.07 Å². The second kappa shape index (κ2) is 6.07. The summed E-state index contributed by atoms with van der Waals surface area (Å²) in [5.74, 6) is 0. The summed E-state index contributed by atoms with van der Waals surface area (Å²) < 4.78 is 0. The van der Waals surface area contributed by atoms with Crippen molar-refractivity contribution in [2.24, 2.45) is 0 Å². The Hall–Kier alpha value is -1.86. The average molecular weight is 373 g/mol. The zero-order valence-corrected chi connectivity index (χ0v) is 19.1. The summed E-state index contributed by atoms with van der Waals surface area (Å²) >= 11 is 0. The predicted molar refractivity (Wildman–Crippen MR) is 122 cm³/mol. The minimum atomic E-state index is -1.70. The summed E-state index contributed by atoms with van der Waals surface area (Å²) in [6.07, 6.45) is 4.93. The van der Waals surface area contributed by atoms with Crippen molar-refractivity contribution in [3.8, 4) is 0 Å². The first-order valence-corrected chi connectivity index (χ1v) is 13.4. The fraction of sp³-hybridized carbons (Fsp3) is 0.385. The van der Waals surface area contributed by atoms with Crippen molar-refractivity contribution in [3.05, 3.63) is 79.9 Å². The van der Waals surface area contributed by atoms with E-state index in [4.69, 9.17) is 0 Å². The van der Waals surface area contributed by atoms with Gasteiger partial charge in [0.05, 0.1) is 8.07 Å². The number of rotatable bonds is 2. The Morgan fingerprint density at radius 3 is 1.33 bits per heavy atom.